The van der Waals surface area contributed by atoms with Gasteiger partial charge in [0.1, 0.15) is 12.1 Å². The number of rotatable bonds is 6. The molecule has 0 fully saturated rings. The van der Waals surface area contributed by atoms with E-state index in [9.17, 15) is 14.7 Å². The van der Waals surface area contributed by atoms with Crippen LogP contribution in [0.1, 0.15) is 25.5 Å². The van der Waals surface area contributed by atoms with Crippen molar-refractivity contribution in [2.45, 2.75) is 25.9 Å². The number of benzene rings is 1. The third-order valence-corrected chi connectivity index (χ3v) is 2.44. The maximum absolute atomic E-state index is 11.5. The van der Waals surface area contributed by atoms with Gasteiger partial charge < -0.3 is 9.84 Å². The molecule has 0 aliphatic carbocycles. The number of carboxylic acids is 1. The fourth-order valence-corrected chi connectivity index (χ4v) is 1.54. The summed E-state index contributed by atoms with van der Waals surface area (Å²) in [5.74, 6) is -1.49. The van der Waals surface area contributed by atoms with Crippen LogP contribution in [0.5, 0.6) is 0 Å². The molecular formula is C13H17NO4. The van der Waals surface area contributed by atoms with Crippen molar-refractivity contribution in [2.75, 3.05) is 6.61 Å². The van der Waals surface area contributed by atoms with Crippen LogP contribution < -0.4 is 5.32 Å². The molecule has 0 aromatic heterocycles. The van der Waals surface area contributed by atoms with Crippen LogP contribution in [0.25, 0.3) is 0 Å². The molecule has 0 saturated heterocycles. The van der Waals surface area contributed by atoms with Gasteiger partial charge in [-0.05, 0) is 19.4 Å². The van der Waals surface area contributed by atoms with Crippen LogP contribution in [0, 0.1) is 0 Å². The average molecular weight is 251 g/mol. The Morgan fingerprint density at radius 3 is 2.44 bits per heavy atom. The number of carbonyl (C=O) groups excluding carboxylic acids is 1. The Hall–Kier alpha value is -1.88. The number of carbonyl (C=O) groups is 2. The largest absolute Gasteiger partial charge is 0.480 e. The minimum absolute atomic E-state index is 0.272. The van der Waals surface area contributed by atoms with Crippen molar-refractivity contribution in [3.63, 3.8) is 0 Å². The Morgan fingerprint density at radius 2 is 1.94 bits per heavy atom. The van der Waals surface area contributed by atoms with E-state index >= 15 is 0 Å². The molecule has 0 heterocycles. The van der Waals surface area contributed by atoms with Gasteiger partial charge in [0.15, 0.2) is 0 Å². The predicted molar refractivity (Wildman–Crippen MR) is 66.0 cm³/mol. The molecule has 0 bridgehead atoms. The molecule has 0 aliphatic heterocycles. The van der Waals surface area contributed by atoms with E-state index in [1.54, 1.807) is 44.2 Å². The Bertz CT molecular complexity index is 405. The highest BCUT2D eigenvalue weighted by Gasteiger charge is 2.24. The van der Waals surface area contributed by atoms with E-state index in [2.05, 4.69) is 5.32 Å². The van der Waals surface area contributed by atoms with E-state index in [1.807, 2.05) is 0 Å². The zero-order valence-corrected chi connectivity index (χ0v) is 10.4. The minimum atomic E-state index is -1.03. The highest BCUT2D eigenvalue weighted by Crippen LogP contribution is 2.13. The van der Waals surface area contributed by atoms with Gasteiger partial charge in [0, 0.05) is 0 Å². The van der Waals surface area contributed by atoms with Crippen molar-refractivity contribution in [1.29, 1.82) is 0 Å². The lowest BCUT2D eigenvalue weighted by Gasteiger charge is -2.19. The molecule has 2 N–H and O–H groups in total. The summed E-state index contributed by atoms with van der Waals surface area (Å²) in [4.78, 5) is 22.7. The van der Waals surface area contributed by atoms with Crippen molar-refractivity contribution in [2.24, 2.45) is 0 Å². The lowest BCUT2D eigenvalue weighted by molar-refractivity contribution is -0.146. The quantitative estimate of drug-likeness (QED) is 0.746. The summed E-state index contributed by atoms with van der Waals surface area (Å²) in [6.07, 6.45) is 0. The highest BCUT2D eigenvalue weighted by atomic mass is 16.5. The molecule has 2 unspecified atom stereocenters. The number of carboxylic acid groups (broad SMARTS) is 1. The van der Waals surface area contributed by atoms with E-state index < -0.39 is 24.0 Å². The SMILES string of the molecule is CCOC(=O)C(C)NC(C(=O)O)c1ccccc1. The fraction of sp³-hybridized carbons (Fsp3) is 0.385. The Kier molecular flexibility index (Phi) is 5.32. The molecule has 98 valence electrons. The highest BCUT2D eigenvalue weighted by molar-refractivity contribution is 5.79. The normalized spacial score (nSPS) is 13.7. The van der Waals surface area contributed by atoms with E-state index in [-0.39, 0.29) is 6.61 Å². The first-order valence-corrected chi connectivity index (χ1v) is 5.76. The van der Waals surface area contributed by atoms with Gasteiger partial charge in [-0.25, -0.2) is 0 Å². The lowest BCUT2D eigenvalue weighted by atomic mass is 10.1. The van der Waals surface area contributed by atoms with Gasteiger partial charge in [0.25, 0.3) is 0 Å². The molecular weight excluding hydrogens is 234 g/mol. The molecule has 18 heavy (non-hydrogen) atoms. The zero-order valence-electron chi connectivity index (χ0n) is 10.4. The van der Waals surface area contributed by atoms with Gasteiger partial charge in [0.05, 0.1) is 6.61 Å². The number of esters is 1. The van der Waals surface area contributed by atoms with E-state index in [0.717, 1.165) is 0 Å². The second-order valence-electron chi connectivity index (χ2n) is 3.82. The van der Waals surface area contributed by atoms with E-state index in [0.29, 0.717) is 5.56 Å². The smallest absolute Gasteiger partial charge is 0.325 e. The van der Waals surface area contributed by atoms with Crippen molar-refractivity contribution in [1.82, 2.24) is 5.32 Å². The van der Waals surface area contributed by atoms with Crippen LogP contribution >= 0.6 is 0 Å². The monoisotopic (exact) mass is 251 g/mol. The molecule has 5 heteroatoms. The van der Waals surface area contributed by atoms with E-state index in [4.69, 9.17) is 4.74 Å². The number of hydrogen-bond acceptors (Lipinski definition) is 4. The average Bonchev–Trinajstić information content (AvgIpc) is 2.36. The van der Waals surface area contributed by atoms with Gasteiger partial charge >= 0.3 is 11.9 Å². The second kappa shape index (κ2) is 6.76. The first-order chi connectivity index (χ1) is 8.56. The predicted octanol–water partition coefficient (Wildman–Crippen LogP) is 1.35. The molecule has 0 amide bonds. The minimum Gasteiger partial charge on any atom is -0.480 e. The van der Waals surface area contributed by atoms with Gasteiger partial charge in [-0.3, -0.25) is 14.9 Å². The van der Waals surface area contributed by atoms with Crippen LogP contribution in [0.3, 0.4) is 0 Å². The van der Waals surface area contributed by atoms with Crippen LogP contribution in [0.2, 0.25) is 0 Å². The molecule has 1 aromatic carbocycles. The van der Waals surface area contributed by atoms with Gasteiger partial charge in [-0.1, -0.05) is 30.3 Å². The van der Waals surface area contributed by atoms with Crippen molar-refractivity contribution < 1.29 is 19.4 Å². The Balaban J connectivity index is 2.76. The molecule has 5 nitrogen and oxygen atoms in total. The van der Waals surface area contributed by atoms with Gasteiger partial charge in [-0.15, -0.1) is 0 Å². The van der Waals surface area contributed by atoms with Gasteiger partial charge in [-0.2, -0.15) is 0 Å². The molecule has 0 saturated carbocycles. The third-order valence-electron chi connectivity index (χ3n) is 2.44. The second-order valence-corrected chi connectivity index (χ2v) is 3.82. The van der Waals surface area contributed by atoms with Crippen LogP contribution in [0.4, 0.5) is 0 Å². The Morgan fingerprint density at radius 1 is 1.33 bits per heavy atom. The van der Waals surface area contributed by atoms with Crippen molar-refractivity contribution in [3.05, 3.63) is 35.9 Å². The van der Waals surface area contributed by atoms with Crippen molar-refractivity contribution in [3.8, 4) is 0 Å². The standard InChI is InChI=1S/C13H17NO4/c1-3-18-13(17)9(2)14-11(12(15)16)10-7-5-4-6-8-10/h4-9,11,14H,3H2,1-2H3,(H,15,16). The first kappa shape index (κ1) is 14.2. The van der Waals surface area contributed by atoms with Crippen LogP contribution in [-0.2, 0) is 14.3 Å². The molecule has 0 spiro atoms. The number of ether oxygens (including phenoxy) is 1. The summed E-state index contributed by atoms with van der Waals surface area (Å²) in [6, 6.07) is 7.10. The molecule has 0 aliphatic rings. The topological polar surface area (TPSA) is 75.6 Å². The fourth-order valence-electron chi connectivity index (χ4n) is 1.54. The summed E-state index contributed by atoms with van der Waals surface area (Å²) in [7, 11) is 0. The van der Waals surface area contributed by atoms with Crippen molar-refractivity contribution >= 4 is 11.9 Å². The maximum Gasteiger partial charge on any atom is 0.325 e. The summed E-state index contributed by atoms with van der Waals surface area (Å²) < 4.78 is 4.83. The first-order valence-electron chi connectivity index (χ1n) is 5.76. The summed E-state index contributed by atoms with van der Waals surface area (Å²) in [5.41, 5.74) is 0.598. The van der Waals surface area contributed by atoms with Gasteiger partial charge in [0.2, 0.25) is 0 Å². The zero-order chi connectivity index (χ0) is 13.5. The third kappa shape index (κ3) is 3.85. The number of hydrogen-bond donors (Lipinski definition) is 2. The lowest BCUT2D eigenvalue weighted by Crippen LogP contribution is -2.41. The molecule has 1 aromatic rings. The summed E-state index contributed by atoms with van der Waals surface area (Å²) in [5, 5.41) is 11.9. The van der Waals surface area contributed by atoms with Crippen LogP contribution in [-0.4, -0.2) is 29.7 Å². The number of nitrogens with one attached hydrogen (secondary N) is 1. The Labute approximate surface area is 106 Å². The van der Waals surface area contributed by atoms with Crippen LogP contribution in [0.15, 0.2) is 30.3 Å². The summed E-state index contributed by atoms with van der Waals surface area (Å²) in [6.45, 7) is 3.56. The molecule has 2 atom stereocenters. The molecule has 0 radical (unpaired) electrons. The number of aliphatic carboxylic acids is 1. The summed E-state index contributed by atoms with van der Waals surface area (Å²) >= 11 is 0. The molecule has 1 rings (SSSR count). The van der Waals surface area contributed by atoms with E-state index in [1.165, 1.54) is 0 Å². The maximum atomic E-state index is 11.5.